The normalized spacial score (nSPS) is 27.5. The van der Waals surface area contributed by atoms with E-state index in [2.05, 4.69) is 5.16 Å². The Kier molecular flexibility index (Phi) is 3.91. The first kappa shape index (κ1) is 15.4. The quantitative estimate of drug-likeness (QED) is 0.776. The second-order valence-corrected chi connectivity index (χ2v) is 6.61. The number of hydrogen-bond donors (Lipinski definition) is 0. The number of ether oxygens (including phenoxy) is 1. The molecule has 0 saturated carbocycles. The van der Waals surface area contributed by atoms with Gasteiger partial charge in [-0.3, -0.25) is 9.59 Å². The van der Waals surface area contributed by atoms with Crippen LogP contribution in [0.4, 0.5) is 5.82 Å². The van der Waals surface area contributed by atoms with Crippen molar-refractivity contribution in [3.63, 3.8) is 0 Å². The largest absolute Gasteiger partial charge is 0.378 e. The molecule has 24 heavy (non-hydrogen) atoms. The molecule has 0 unspecified atom stereocenters. The van der Waals surface area contributed by atoms with E-state index in [1.165, 1.54) is 0 Å². The van der Waals surface area contributed by atoms with Crippen LogP contribution < -0.4 is 4.90 Å². The van der Waals surface area contributed by atoms with E-state index in [4.69, 9.17) is 9.26 Å². The number of morpholine rings is 1. The fourth-order valence-corrected chi connectivity index (χ4v) is 3.78. The first-order valence-corrected chi connectivity index (χ1v) is 8.56. The predicted molar refractivity (Wildman–Crippen MR) is 84.8 cm³/mol. The number of piperazine rings is 1. The molecule has 2 amide bonds. The van der Waals surface area contributed by atoms with E-state index in [0.717, 1.165) is 32.5 Å². The van der Waals surface area contributed by atoms with E-state index in [0.29, 0.717) is 25.6 Å². The predicted octanol–water partition coefficient (Wildman–Crippen LogP) is 0.346. The number of rotatable bonds is 2. The maximum absolute atomic E-state index is 12.8. The summed E-state index contributed by atoms with van der Waals surface area (Å²) in [5.41, 5.74) is 0. The minimum atomic E-state index is -0.455. The Hall–Kier alpha value is -2.09. The summed E-state index contributed by atoms with van der Waals surface area (Å²) in [6, 6.07) is 1.36. The Morgan fingerprint density at radius 3 is 2.88 bits per heavy atom. The summed E-state index contributed by atoms with van der Waals surface area (Å²) in [7, 11) is 0. The van der Waals surface area contributed by atoms with Gasteiger partial charge < -0.3 is 24.0 Å². The van der Waals surface area contributed by atoms with Gasteiger partial charge in [0.2, 0.25) is 11.7 Å². The summed E-state index contributed by atoms with van der Waals surface area (Å²) < 4.78 is 10.6. The van der Waals surface area contributed by atoms with Crippen LogP contribution >= 0.6 is 0 Å². The minimum absolute atomic E-state index is 0.0324. The highest BCUT2D eigenvalue weighted by molar-refractivity contribution is 5.96. The Morgan fingerprint density at radius 2 is 2.08 bits per heavy atom. The van der Waals surface area contributed by atoms with Crippen LogP contribution in [0.1, 0.15) is 30.3 Å². The third-order valence-corrected chi connectivity index (χ3v) is 5.20. The molecule has 8 heteroatoms. The number of nitrogens with zero attached hydrogens (tertiary/aromatic N) is 4. The summed E-state index contributed by atoms with van der Waals surface area (Å²) >= 11 is 0. The average Bonchev–Trinajstić information content (AvgIpc) is 3.27. The van der Waals surface area contributed by atoms with E-state index < -0.39 is 6.04 Å². The molecule has 4 rings (SSSR count). The van der Waals surface area contributed by atoms with E-state index in [1.54, 1.807) is 17.9 Å². The van der Waals surface area contributed by atoms with Crippen molar-refractivity contribution in [3.8, 4) is 0 Å². The molecule has 2 atom stereocenters. The summed E-state index contributed by atoms with van der Waals surface area (Å²) in [5.74, 6) is 0.627. The van der Waals surface area contributed by atoms with Crippen LogP contribution in [0.25, 0.3) is 0 Å². The van der Waals surface area contributed by atoms with E-state index >= 15 is 0 Å². The molecular formula is C16H22N4O4. The molecular weight excluding hydrogens is 312 g/mol. The highest BCUT2D eigenvalue weighted by Gasteiger charge is 2.43. The Labute approximate surface area is 140 Å². The van der Waals surface area contributed by atoms with Crippen LogP contribution in [0.5, 0.6) is 0 Å². The molecule has 0 spiro atoms. The fraction of sp³-hybridized carbons (Fsp3) is 0.688. The smallest absolute Gasteiger partial charge is 0.293 e. The topological polar surface area (TPSA) is 79.1 Å². The van der Waals surface area contributed by atoms with E-state index in [-0.39, 0.29) is 23.6 Å². The van der Waals surface area contributed by atoms with Gasteiger partial charge in [-0.05, 0) is 19.8 Å². The second-order valence-electron chi connectivity index (χ2n) is 6.61. The van der Waals surface area contributed by atoms with Crippen LogP contribution in [-0.2, 0) is 9.53 Å². The van der Waals surface area contributed by atoms with Crippen LogP contribution in [-0.4, -0.2) is 78.2 Å². The molecule has 0 aromatic carbocycles. The van der Waals surface area contributed by atoms with Gasteiger partial charge in [0.15, 0.2) is 5.82 Å². The molecule has 0 radical (unpaired) electrons. The van der Waals surface area contributed by atoms with Crippen molar-refractivity contribution < 1.29 is 18.8 Å². The van der Waals surface area contributed by atoms with Crippen LogP contribution in [0.15, 0.2) is 10.6 Å². The van der Waals surface area contributed by atoms with Gasteiger partial charge >= 0.3 is 0 Å². The Bertz CT molecular complexity index is 640. The van der Waals surface area contributed by atoms with Gasteiger partial charge in [0.1, 0.15) is 6.04 Å². The first-order valence-electron chi connectivity index (χ1n) is 8.56. The molecule has 130 valence electrons. The van der Waals surface area contributed by atoms with Gasteiger partial charge in [-0.1, -0.05) is 5.16 Å². The number of aromatic nitrogens is 1. The molecule has 0 aliphatic carbocycles. The van der Waals surface area contributed by atoms with Crippen LogP contribution in [0, 0.1) is 0 Å². The number of amides is 2. The highest BCUT2D eigenvalue weighted by Crippen LogP contribution is 2.27. The number of fused-ring (bicyclic) bond motifs is 1. The number of anilines is 1. The molecule has 0 N–H and O–H groups in total. The summed E-state index contributed by atoms with van der Waals surface area (Å²) in [6.45, 7) is 5.91. The van der Waals surface area contributed by atoms with Crippen LogP contribution in [0.3, 0.4) is 0 Å². The fourth-order valence-electron chi connectivity index (χ4n) is 3.78. The summed E-state index contributed by atoms with van der Waals surface area (Å²) in [5, 5.41) is 4.02. The zero-order valence-corrected chi connectivity index (χ0v) is 13.8. The van der Waals surface area contributed by atoms with Crippen molar-refractivity contribution in [2.45, 2.75) is 31.8 Å². The van der Waals surface area contributed by atoms with Gasteiger partial charge in [0.05, 0.1) is 13.2 Å². The number of carbonyl (C=O) groups excluding carboxylic acids is 2. The third-order valence-electron chi connectivity index (χ3n) is 5.20. The van der Waals surface area contributed by atoms with Gasteiger partial charge in [0.25, 0.3) is 5.91 Å². The SMILES string of the molecule is C[C@@H]1C(=O)N2CCC[C@H]2CN1C(=O)c1cc(N2CCOCC2)no1. The monoisotopic (exact) mass is 334 g/mol. The van der Waals surface area contributed by atoms with Gasteiger partial charge in [0, 0.05) is 38.3 Å². The third kappa shape index (κ3) is 2.54. The Balaban J connectivity index is 1.51. The van der Waals surface area contributed by atoms with Crippen molar-refractivity contribution in [2.24, 2.45) is 0 Å². The number of hydrogen-bond acceptors (Lipinski definition) is 6. The van der Waals surface area contributed by atoms with Crippen molar-refractivity contribution >= 4 is 17.6 Å². The van der Waals surface area contributed by atoms with Gasteiger partial charge in [-0.15, -0.1) is 0 Å². The lowest BCUT2D eigenvalue weighted by atomic mass is 10.1. The maximum atomic E-state index is 12.8. The van der Waals surface area contributed by atoms with E-state index in [1.807, 2.05) is 9.80 Å². The summed E-state index contributed by atoms with van der Waals surface area (Å²) in [6.07, 6.45) is 1.96. The number of carbonyl (C=O) groups is 2. The average molecular weight is 334 g/mol. The second kappa shape index (κ2) is 6.08. The zero-order valence-electron chi connectivity index (χ0n) is 13.8. The van der Waals surface area contributed by atoms with Crippen molar-refractivity contribution in [1.29, 1.82) is 0 Å². The Morgan fingerprint density at radius 1 is 1.29 bits per heavy atom. The van der Waals surface area contributed by atoms with E-state index in [9.17, 15) is 9.59 Å². The zero-order chi connectivity index (χ0) is 16.7. The standard InChI is InChI=1S/C16H22N4O4/c1-11-15(21)19-4-2-3-12(19)10-20(11)16(22)13-9-14(17-24-13)18-5-7-23-8-6-18/h9,11-12H,2-8,10H2,1H3/t11-,12+/m1/s1. The molecule has 1 aromatic rings. The molecule has 1 aromatic heterocycles. The molecule has 8 nitrogen and oxygen atoms in total. The molecule has 4 heterocycles. The lowest BCUT2D eigenvalue weighted by Gasteiger charge is -2.41. The molecule has 3 aliphatic heterocycles. The maximum Gasteiger partial charge on any atom is 0.293 e. The highest BCUT2D eigenvalue weighted by atomic mass is 16.5. The first-order chi connectivity index (χ1) is 11.6. The lowest BCUT2D eigenvalue weighted by molar-refractivity contribution is -0.141. The lowest BCUT2D eigenvalue weighted by Crippen LogP contribution is -2.60. The van der Waals surface area contributed by atoms with Crippen LogP contribution in [0.2, 0.25) is 0 Å². The van der Waals surface area contributed by atoms with Crippen molar-refractivity contribution in [2.75, 3.05) is 44.3 Å². The minimum Gasteiger partial charge on any atom is -0.378 e. The molecule has 0 bridgehead atoms. The molecule has 3 aliphatic rings. The van der Waals surface area contributed by atoms with Gasteiger partial charge in [-0.25, -0.2) is 0 Å². The van der Waals surface area contributed by atoms with Crippen molar-refractivity contribution in [1.82, 2.24) is 15.0 Å². The molecule has 3 saturated heterocycles. The van der Waals surface area contributed by atoms with Gasteiger partial charge in [-0.2, -0.15) is 0 Å². The van der Waals surface area contributed by atoms with Crippen molar-refractivity contribution in [3.05, 3.63) is 11.8 Å². The summed E-state index contributed by atoms with van der Waals surface area (Å²) in [4.78, 5) is 30.9. The molecule has 3 fully saturated rings.